The van der Waals surface area contributed by atoms with Crippen molar-refractivity contribution >= 4 is 38.6 Å². The normalized spacial score (nSPS) is 11.2. The first kappa shape index (κ1) is 14.5. The fourth-order valence-corrected chi connectivity index (χ4v) is 2.97. The van der Waals surface area contributed by atoms with Crippen LogP contribution in [0.5, 0.6) is 0 Å². The quantitative estimate of drug-likeness (QED) is 0.645. The van der Waals surface area contributed by atoms with Crippen LogP contribution in [0.3, 0.4) is 0 Å². The summed E-state index contributed by atoms with van der Waals surface area (Å²) < 4.78 is 3.28. The molecule has 3 aromatic rings. The molecule has 2 aromatic heterocycles. The van der Waals surface area contributed by atoms with Crippen LogP contribution in [0.25, 0.3) is 11.0 Å². The second kappa shape index (κ2) is 6.16. The average Bonchev–Trinajstić information content (AvgIpc) is 2.79. The van der Waals surface area contributed by atoms with Gasteiger partial charge in [-0.1, -0.05) is 15.9 Å². The Morgan fingerprint density at radius 2 is 2.14 bits per heavy atom. The topological polar surface area (TPSA) is 30.7 Å². The van der Waals surface area contributed by atoms with Crippen LogP contribution in [0.4, 0.5) is 0 Å². The molecule has 0 amide bonds. The van der Waals surface area contributed by atoms with Crippen molar-refractivity contribution in [2.45, 2.75) is 19.9 Å². The zero-order valence-corrected chi connectivity index (χ0v) is 14.0. The van der Waals surface area contributed by atoms with E-state index in [1.165, 1.54) is 11.1 Å². The summed E-state index contributed by atoms with van der Waals surface area (Å²) in [6.07, 6.45) is 4.49. The summed E-state index contributed by atoms with van der Waals surface area (Å²) in [5, 5.41) is 0. The molecule has 1 aromatic carbocycles. The van der Waals surface area contributed by atoms with Gasteiger partial charge in [-0.3, -0.25) is 4.98 Å². The summed E-state index contributed by atoms with van der Waals surface area (Å²) in [4.78, 5) is 8.88. The molecule has 0 unspecified atom stereocenters. The number of halogens is 2. The molecule has 2 heterocycles. The van der Waals surface area contributed by atoms with Gasteiger partial charge in [0.2, 0.25) is 0 Å². The van der Waals surface area contributed by atoms with Gasteiger partial charge in [0.1, 0.15) is 5.82 Å². The summed E-state index contributed by atoms with van der Waals surface area (Å²) in [5.74, 6) is 1.59. The number of hydrogen-bond donors (Lipinski definition) is 0. The molecule has 3 rings (SSSR count). The van der Waals surface area contributed by atoms with E-state index in [1.807, 2.05) is 24.5 Å². The van der Waals surface area contributed by atoms with Crippen LogP contribution in [-0.4, -0.2) is 20.4 Å². The molecule has 0 radical (unpaired) electrons. The van der Waals surface area contributed by atoms with E-state index >= 15 is 0 Å². The lowest BCUT2D eigenvalue weighted by Gasteiger charge is -2.10. The number of rotatable bonds is 4. The van der Waals surface area contributed by atoms with Crippen molar-refractivity contribution in [3.63, 3.8) is 0 Å². The number of fused-ring (bicyclic) bond motifs is 1. The third-order valence-electron chi connectivity index (χ3n) is 3.57. The number of nitrogens with zero attached hydrogens (tertiary/aromatic N) is 3. The number of aryl methyl sites for hydroxylation is 2. The Balaban J connectivity index is 2.11. The number of aromatic nitrogens is 3. The highest BCUT2D eigenvalue weighted by atomic mass is 79.9. The highest BCUT2D eigenvalue weighted by molar-refractivity contribution is 9.10. The van der Waals surface area contributed by atoms with E-state index in [-0.39, 0.29) is 0 Å². The standard InChI is InChI=1S/C16H15BrClN3/c1-11-9-19-7-5-12(11)10-21-15-3-2-13(17)8-14(15)20-16(21)4-6-18/h2-3,5,7-9H,4,6,10H2,1H3. The molecule has 0 atom stereocenters. The van der Waals surface area contributed by atoms with Crippen molar-refractivity contribution in [2.75, 3.05) is 5.88 Å². The van der Waals surface area contributed by atoms with E-state index in [1.54, 1.807) is 0 Å². The summed E-state index contributed by atoms with van der Waals surface area (Å²) in [5.41, 5.74) is 4.57. The van der Waals surface area contributed by atoms with Crippen LogP contribution in [0, 0.1) is 6.92 Å². The summed E-state index contributed by atoms with van der Waals surface area (Å²) >= 11 is 9.43. The van der Waals surface area contributed by atoms with Crippen molar-refractivity contribution in [1.29, 1.82) is 0 Å². The van der Waals surface area contributed by atoms with Gasteiger partial charge in [-0.15, -0.1) is 11.6 Å². The van der Waals surface area contributed by atoms with Crippen molar-refractivity contribution in [3.8, 4) is 0 Å². The van der Waals surface area contributed by atoms with E-state index in [4.69, 9.17) is 16.6 Å². The lowest BCUT2D eigenvalue weighted by molar-refractivity contribution is 0.750. The van der Waals surface area contributed by atoms with E-state index in [2.05, 4.69) is 44.5 Å². The minimum absolute atomic E-state index is 0.569. The van der Waals surface area contributed by atoms with E-state index in [0.717, 1.165) is 34.3 Å². The molecule has 21 heavy (non-hydrogen) atoms. The molecule has 0 saturated carbocycles. The predicted octanol–water partition coefficient (Wildman–Crippen LogP) is 4.33. The van der Waals surface area contributed by atoms with Gasteiger partial charge in [-0.05, 0) is 42.3 Å². The van der Waals surface area contributed by atoms with Gasteiger partial charge in [0.25, 0.3) is 0 Å². The Labute approximate surface area is 137 Å². The first-order valence-electron chi connectivity index (χ1n) is 6.79. The largest absolute Gasteiger partial charge is 0.323 e. The van der Waals surface area contributed by atoms with Crippen molar-refractivity contribution in [3.05, 3.63) is 58.1 Å². The molecular weight excluding hydrogens is 350 g/mol. The Bertz CT molecular complexity index is 782. The van der Waals surface area contributed by atoms with Crippen LogP contribution in [0.1, 0.15) is 17.0 Å². The maximum atomic E-state index is 5.93. The van der Waals surface area contributed by atoms with Gasteiger partial charge in [0.15, 0.2) is 0 Å². The molecular formula is C16H15BrClN3. The molecule has 108 valence electrons. The molecule has 0 bridgehead atoms. The number of benzene rings is 1. The molecule has 5 heteroatoms. The fraction of sp³-hybridized carbons (Fsp3) is 0.250. The third-order valence-corrected chi connectivity index (χ3v) is 4.25. The molecule has 0 fully saturated rings. The van der Waals surface area contributed by atoms with Crippen molar-refractivity contribution < 1.29 is 0 Å². The third kappa shape index (κ3) is 2.97. The molecule has 3 nitrogen and oxygen atoms in total. The molecule has 0 aliphatic carbocycles. The second-order valence-corrected chi connectivity index (χ2v) is 6.28. The lowest BCUT2D eigenvalue weighted by Crippen LogP contribution is -2.07. The summed E-state index contributed by atoms with van der Waals surface area (Å²) in [7, 11) is 0. The molecule has 0 aliphatic rings. The van der Waals surface area contributed by atoms with Gasteiger partial charge in [-0.2, -0.15) is 0 Å². The highest BCUT2D eigenvalue weighted by Gasteiger charge is 2.12. The van der Waals surface area contributed by atoms with Crippen LogP contribution in [-0.2, 0) is 13.0 Å². The first-order chi connectivity index (χ1) is 10.2. The Morgan fingerprint density at radius 1 is 1.29 bits per heavy atom. The smallest absolute Gasteiger partial charge is 0.111 e. The highest BCUT2D eigenvalue weighted by Crippen LogP contribution is 2.23. The number of alkyl halides is 1. The van der Waals surface area contributed by atoms with Crippen molar-refractivity contribution in [2.24, 2.45) is 0 Å². The lowest BCUT2D eigenvalue weighted by atomic mass is 10.1. The predicted molar refractivity (Wildman–Crippen MR) is 89.9 cm³/mol. The average molecular weight is 365 g/mol. The summed E-state index contributed by atoms with van der Waals surface area (Å²) in [6.45, 7) is 2.87. The zero-order valence-electron chi connectivity index (χ0n) is 11.7. The number of hydrogen-bond acceptors (Lipinski definition) is 2. The van der Waals surface area contributed by atoms with Gasteiger partial charge >= 0.3 is 0 Å². The van der Waals surface area contributed by atoms with Crippen LogP contribution < -0.4 is 0 Å². The van der Waals surface area contributed by atoms with Gasteiger partial charge < -0.3 is 4.57 Å². The minimum Gasteiger partial charge on any atom is -0.323 e. The van der Waals surface area contributed by atoms with Gasteiger partial charge in [-0.25, -0.2) is 4.98 Å². The van der Waals surface area contributed by atoms with Gasteiger partial charge in [0, 0.05) is 35.7 Å². The van der Waals surface area contributed by atoms with E-state index in [0.29, 0.717) is 5.88 Å². The second-order valence-electron chi connectivity index (χ2n) is 4.99. The Kier molecular flexibility index (Phi) is 4.27. The molecule has 0 saturated heterocycles. The Morgan fingerprint density at radius 3 is 2.90 bits per heavy atom. The number of pyridine rings is 1. The van der Waals surface area contributed by atoms with E-state index < -0.39 is 0 Å². The van der Waals surface area contributed by atoms with Crippen LogP contribution in [0.2, 0.25) is 0 Å². The van der Waals surface area contributed by atoms with E-state index in [9.17, 15) is 0 Å². The molecule has 0 N–H and O–H groups in total. The van der Waals surface area contributed by atoms with Crippen LogP contribution >= 0.6 is 27.5 Å². The first-order valence-corrected chi connectivity index (χ1v) is 8.12. The number of imidazole rings is 1. The molecule has 0 spiro atoms. The van der Waals surface area contributed by atoms with Crippen molar-refractivity contribution in [1.82, 2.24) is 14.5 Å². The minimum atomic E-state index is 0.569. The maximum Gasteiger partial charge on any atom is 0.111 e. The van der Waals surface area contributed by atoms with Crippen LogP contribution in [0.15, 0.2) is 41.1 Å². The monoisotopic (exact) mass is 363 g/mol. The maximum absolute atomic E-state index is 5.93. The zero-order chi connectivity index (χ0) is 14.8. The van der Waals surface area contributed by atoms with Gasteiger partial charge in [0.05, 0.1) is 11.0 Å². The molecule has 0 aliphatic heterocycles. The Hall–Kier alpha value is -1.39. The SMILES string of the molecule is Cc1cnccc1Cn1c(CCCl)nc2cc(Br)ccc21. The fourth-order valence-electron chi connectivity index (χ4n) is 2.45. The summed E-state index contributed by atoms with van der Waals surface area (Å²) in [6, 6.07) is 8.25.